The first-order chi connectivity index (χ1) is 7.59. The second-order valence-corrected chi connectivity index (χ2v) is 4.84. The minimum atomic E-state index is 0.266. The predicted octanol–water partition coefficient (Wildman–Crippen LogP) is 1.94. The van der Waals surface area contributed by atoms with Gasteiger partial charge in [0.15, 0.2) is 5.78 Å². The molecule has 16 heavy (non-hydrogen) atoms. The molecule has 1 rings (SSSR count). The van der Waals surface area contributed by atoms with Gasteiger partial charge in [0.25, 0.3) is 0 Å². The molecule has 0 heterocycles. The summed E-state index contributed by atoms with van der Waals surface area (Å²) in [7, 11) is 2.16. The van der Waals surface area contributed by atoms with Crippen LogP contribution in [0.4, 0.5) is 0 Å². The molecule has 92 valence electrons. The summed E-state index contributed by atoms with van der Waals surface area (Å²) in [5, 5.41) is 3.34. The molecule has 0 saturated carbocycles. The lowest BCUT2D eigenvalue weighted by molar-refractivity contribution is -0.114. The molecule has 0 unspecified atom stereocenters. The molecule has 0 radical (unpaired) electrons. The van der Waals surface area contributed by atoms with E-state index < -0.39 is 0 Å². The third-order valence-corrected chi connectivity index (χ3v) is 3.15. The fourth-order valence-electron chi connectivity index (χ4n) is 1.73. The number of carbonyl (C=O) groups excluding carboxylic acids is 1. The third kappa shape index (κ3) is 4.79. The molecule has 3 nitrogen and oxygen atoms in total. The van der Waals surface area contributed by atoms with Gasteiger partial charge in [-0.1, -0.05) is 0 Å². The first kappa shape index (κ1) is 13.2. The maximum Gasteiger partial charge on any atom is 0.157 e. The van der Waals surface area contributed by atoms with Gasteiger partial charge in [0, 0.05) is 30.8 Å². The van der Waals surface area contributed by atoms with E-state index in [1.54, 1.807) is 6.08 Å². The maximum absolute atomic E-state index is 11.0. The summed E-state index contributed by atoms with van der Waals surface area (Å²) in [6.45, 7) is 6.57. The first-order valence-corrected chi connectivity index (χ1v) is 6.27. The Morgan fingerprint density at radius 1 is 1.38 bits per heavy atom. The van der Waals surface area contributed by atoms with Crippen molar-refractivity contribution in [3.05, 3.63) is 11.8 Å². The number of nitrogens with zero attached hydrogens (tertiary/aromatic N) is 1. The monoisotopic (exact) mass is 224 g/mol. The van der Waals surface area contributed by atoms with Gasteiger partial charge in [-0.05, 0) is 46.7 Å². The van der Waals surface area contributed by atoms with E-state index in [2.05, 4.69) is 31.1 Å². The van der Waals surface area contributed by atoms with Crippen molar-refractivity contribution in [2.45, 2.75) is 45.6 Å². The molecule has 1 aliphatic rings. The summed E-state index contributed by atoms with van der Waals surface area (Å²) in [6.07, 6.45) is 5.73. The number of unbranched alkanes of at least 4 members (excludes halogenated alkanes) is 1. The molecule has 0 fully saturated rings. The van der Waals surface area contributed by atoms with Crippen LogP contribution in [0.5, 0.6) is 0 Å². The van der Waals surface area contributed by atoms with Crippen LogP contribution < -0.4 is 5.32 Å². The van der Waals surface area contributed by atoms with Crippen LogP contribution in [0, 0.1) is 0 Å². The number of carbonyl (C=O) groups is 1. The van der Waals surface area contributed by atoms with E-state index in [1.807, 2.05) is 0 Å². The van der Waals surface area contributed by atoms with Crippen molar-refractivity contribution >= 4 is 5.78 Å². The molecule has 1 N–H and O–H groups in total. The van der Waals surface area contributed by atoms with Crippen LogP contribution >= 0.6 is 0 Å². The van der Waals surface area contributed by atoms with Crippen LogP contribution in [-0.2, 0) is 4.79 Å². The normalized spacial score (nSPS) is 16.1. The van der Waals surface area contributed by atoms with Crippen molar-refractivity contribution < 1.29 is 4.79 Å². The van der Waals surface area contributed by atoms with Crippen LogP contribution in [0.25, 0.3) is 0 Å². The molecule has 0 spiro atoms. The standard InChI is InChI=1S/C13H24N2O/c1-11(2)15(3)9-5-4-8-14-12-6-7-13(16)10-12/h10-11,14H,4-9H2,1-3H3. The first-order valence-electron chi connectivity index (χ1n) is 6.27. The molecular formula is C13H24N2O. The van der Waals surface area contributed by atoms with Gasteiger partial charge in [-0.15, -0.1) is 0 Å². The molecule has 0 aliphatic heterocycles. The highest BCUT2D eigenvalue weighted by Gasteiger charge is 2.10. The Morgan fingerprint density at radius 3 is 2.69 bits per heavy atom. The van der Waals surface area contributed by atoms with E-state index in [0.29, 0.717) is 12.5 Å². The second kappa shape index (κ2) is 6.69. The van der Waals surface area contributed by atoms with Gasteiger partial charge >= 0.3 is 0 Å². The topological polar surface area (TPSA) is 32.3 Å². The smallest absolute Gasteiger partial charge is 0.157 e. The zero-order valence-corrected chi connectivity index (χ0v) is 10.8. The van der Waals surface area contributed by atoms with E-state index >= 15 is 0 Å². The molecular weight excluding hydrogens is 200 g/mol. The highest BCUT2D eigenvalue weighted by molar-refractivity contribution is 5.92. The minimum absolute atomic E-state index is 0.266. The molecule has 0 aromatic carbocycles. The zero-order valence-electron chi connectivity index (χ0n) is 10.8. The fraction of sp³-hybridized carbons (Fsp3) is 0.769. The minimum Gasteiger partial charge on any atom is -0.388 e. The van der Waals surface area contributed by atoms with E-state index in [1.165, 1.54) is 12.8 Å². The SMILES string of the molecule is CC(C)N(C)CCCCNC1=CC(=O)CC1. The Bertz CT molecular complexity index is 259. The van der Waals surface area contributed by atoms with Crippen molar-refractivity contribution in [2.24, 2.45) is 0 Å². The number of nitrogens with one attached hydrogen (secondary N) is 1. The van der Waals surface area contributed by atoms with Crippen LogP contribution in [0.1, 0.15) is 39.5 Å². The molecule has 0 bridgehead atoms. The number of hydrogen-bond acceptors (Lipinski definition) is 3. The lowest BCUT2D eigenvalue weighted by Gasteiger charge is -2.20. The summed E-state index contributed by atoms with van der Waals surface area (Å²) in [5.74, 6) is 0.266. The van der Waals surface area contributed by atoms with E-state index in [4.69, 9.17) is 0 Å². The van der Waals surface area contributed by atoms with Crippen molar-refractivity contribution in [2.75, 3.05) is 20.1 Å². The van der Waals surface area contributed by atoms with E-state index in [0.717, 1.165) is 25.2 Å². The van der Waals surface area contributed by atoms with Gasteiger partial charge in [0.05, 0.1) is 0 Å². The van der Waals surface area contributed by atoms with Gasteiger partial charge in [-0.2, -0.15) is 0 Å². The van der Waals surface area contributed by atoms with Gasteiger partial charge in [-0.25, -0.2) is 0 Å². The highest BCUT2D eigenvalue weighted by Crippen LogP contribution is 2.11. The Morgan fingerprint density at radius 2 is 2.12 bits per heavy atom. The molecule has 1 aliphatic carbocycles. The van der Waals surface area contributed by atoms with Gasteiger partial charge < -0.3 is 10.2 Å². The van der Waals surface area contributed by atoms with Crippen LogP contribution in [0.15, 0.2) is 11.8 Å². The van der Waals surface area contributed by atoms with Gasteiger partial charge in [0.1, 0.15) is 0 Å². The molecule has 0 atom stereocenters. The molecule has 0 saturated heterocycles. The second-order valence-electron chi connectivity index (χ2n) is 4.84. The van der Waals surface area contributed by atoms with Crippen LogP contribution in [0.3, 0.4) is 0 Å². The van der Waals surface area contributed by atoms with Crippen molar-refractivity contribution in [3.8, 4) is 0 Å². The predicted molar refractivity (Wildman–Crippen MR) is 67.3 cm³/mol. The quantitative estimate of drug-likeness (QED) is 0.671. The van der Waals surface area contributed by atoms with E-state index in [9.17, 15) is 4.79 Å². The summed E-state index contributed by atoms with van der Waals surface area (Å²) >= 11 is 0. The largest absolute Gasteiger partial charge is 0.388 e. The number of ketones is 1. The fourth-order valence-corrected chi connectivity index (χ4v) is 1.73. The Balaban J connectivity index is 2.00. The molecule has 3 heteroatoms. The Labute approximate surface area is 98.9 Å². The third-order valence-electron chi connectivity index (χ3n) is 3.15. The van der Waals surface area contributed by atoms with Crippen molar-refractivity contribution in [1.82, 2.24) is 10.2 Å². The number of rotatable bonds is 7. The van der Waals surface area contributed by atoms with Crippen molar-refractivity contribution in [3.63, 3.8) is 0 Å². The highest BCUT2D eigenvalue weighted by atomic mass is 16.1. The molecule has 0 aromatic heterocycles. The van der Waals surface area contributed by atoms with Crippen LogP contribution in [-0.4, -0.2) is 36.9 Å². The molecule has 0 aromatic rings. The van der Waals surface area contributed by atoms with Gasteiger partial charge in [0.2, 0.25) is 0 Å². The van der Waals surface area contributed by atoms with E-state index in [-0.39, 0.29) is 5.78 Å². The lowest BCUT2D eigenvalue weighted by Crippen LogP contribution is -2.27. The Hall–Kier alpha value is -0.830. The van der Waals surface area contributed by atoms with Gasteiger partial charge in [-0.3, -0.25) is 4.79 Å². The lowest BCUT2D eigenvalue weighted by atomic mass is 10.2. The molecule has 0 amide bonds. The summed E-state index contributed by atoms with van der Waals surface area (Å²) in [6, 6.07) is 0.628. The maximum atomic E-state index is 11.0. The summed E-state index contributed by atoms with van der Waals surface area (Å²) < 4.78 is 0. The number of allylic oxidation sites excluding steroid dienone is 2. The zero-order chi connectivity index (χ0) is 12.0. The average molecular weight is 224 g/mol. The average Bonchev–Trinajstić information content (AvgIpc) is 2.63. The van der Waals surface area contributed by atoms with Crippen LogP contribution in [0.2, 0.25) is 0 Å². The summed E-state index contributed by atoms with van der Waals surface area (Å²) in [5.41, 5.74) is 1.13. The Kier molecular flexibility index (Phi) is 5.53. The summed E-state index contributed by atoms with van der Waals surface area (Å²) in [4.78, 5) is 13.3. The number of hydrogen-bond donors (Lipinski definition) is 1. The van der Waals surface area contributed by atoms with Crippen molar-refractivity contribution in [1.29, 1.82) is 0 Å².